The first-order valence-corrected chi connectivity index (χ1v) is 8.75. The van der Waals surface area contributed by atoms with Crippen molar-refractivity contribution in [2.75, 3.05) is 6.54 Å². The molecule has 1 aromatic carbocycles. The topological polar surface area (TPSA) is 46.3 Å². The normalized spacial score (nSPS) is 24.8. The van der Waals surface area contributed by atoms with Gasteiger partial charge in [0.05, 0.1) is 0 Å². The van der Waals surface area contributed by atoms with Crippen molar-refractivity contribution in [2.24, 2.45) is 23.5 Å². The van der Waals surface area contributed by atoms with Crippen LogP contribution in [0.1, 0.15) is 44.6 Å². The van der Waals surface area contributed by atoms with Crippen LogP contribution in [0, 0.1) is 17.8 Å². The van der Waals surface area contributed by atoms with Gasteiger partial charge in [0.1, 0.15) is 0 Å². The van der Waals surface area contributed by atoms with Crippen molar-refractivity contribution in [1.29, 1.82) is 0 Å². The quantitative estimate of drug-likeness (QED) is 0.862. The number of rotatable bonds is 6. The lowest BCUT2D eigenvalue weighted by Gasteiger charge is -2.33. The molecule has 2 saturated carbocycles. The Labute approximate surface area is 146 Å². The van der Waals surface area contributed by atoms with Crippen molar-refractivity contribution in [1.82, 2.24) is 4.90 Å². The summed E-state index contributed by atoms with van der Waals surface area (Å²) >= 11 is 0. The molecular weight excluding hydrogens is 308 g/mol. The average molecular weight is 337 g/mol. The first-order valence-electron chi connectivity index (χ1n) is 8.75. The highest BCUT2D eigenvalue weighted by Gasteiger charge is 2.40. The third-order valence-electron chi connectivity index (χ3n) is 5.55. The van der Waals surface area contributed by atoms with Gasteiger partial charge in [-0.15, -0.1) is 12.4 Å². The zero-order chi connectivity index (χ0) is 15.5. The molecule has 128 valence electrons. The summed E-state index contributed by atoms with van der Waals surface area (Å²) in [6.45, 7) is 3.61. The van der Waals surface area contributed by atoms with Gasteiger partial charge in [-0.2, -0.15) is 0 Å². The Bertz CT molecular complexity index is 503. The van der Waals surface area contributed by atoms with Gasteiger partial charge < -0.3 is 10.6 Å². The second kappa shape index (κ2) is 8.16. The molecular formula is C19H29ClN2O. The van der Waals surface area contributed by atoms with Gasteiger partial charge in [-0.1, -0.05) is 36.8 Å². The number of carbonyl (C=O) groups is 1. The first kappa shape index (κ1) is 18.3. The predicted molar refractivity (Wildman–Crippen MR) is 96.3 cm³/mol. The number of nitrogens with zero attached hydrogens (tertiary/aromatic N) is 1. The van der Waals surface area contributed by atoms with Crippen LogP contribution in [0.3, 0.4) is 0 Å². The summed E-state index contributed by atoms with van der Waals surface area (Å²) in [5.41, 5.74) is 7.12. The van der Waals surface area contributed by atoms with Gasteiger partial charge >= 0.3 is 0 Å². The Morgan fingerprint density at radius 1 is 1.22 bits per heavy atom. The molecule has 4 heteroatoms. The summed E-state index contributed by atoms with van der Waals surface area (Å²) in [5, 5.41) is 0. The van der Waals surface area contributed by atoms with Crippen LogP contribution in [-0.4, -0.2) is 23.4 Å². The molecule has 0 radical (unpaired) electrons. The fourth-order valence-corrected chi connectivity index (χ4v) is 3.89. The Morgan fingerprint density at radius 3 is 2.52 bits per heavy atom. The lowest BCUT2D eigenvalue weighted by Crippen LogP contribution is -2.44. The standard InChI is InChI=1S/C19H28N2O.ClH/c1-14(16-10-11-16)21(13-15-6-3-2-4-7-15)19(22)18-9-5-8-17(18)12-20;/h2-4,6-7,14,16-18H,5,8-13,20H2,1H3;1H/t14?,17-,18-;/m1./s1. The molecule has 3 rings (SSSR count). The van der Waals surface area contributed by atoms with Crippen molar-refractivity contribution in [3.8, 4) is 0 Å². The van der Waals surface area contributed by atoms with Gasteiger partial charge in [-0.3, -0.25) is 4.79 Å². The number of nitrogens with two attached hydrogens (primary N) is 1. The Balaban J connectivity index is 0.00000192. The number of hydrogen-bond acceptors (Lipinski definition) is 2. The van der Waals surface area contributed by atoms with Gasteiger partial charge in [0.25, 0.3) is 0 Å². The van der Waals surface area contributed by atoms with E-state index in [0.717, 1.165) is 25.8 Å². The third kappa shape index (κ3) is 4.27. The molecule has 1 unspecified atom stereocenters. The Hall–Kier alpha value is -1.06. The fraction of sp³-hybridized carbons (Fsp3) is 0.632. The number of carbonyl (C=O) groups excluding carboxylic acids is 1. The lowest BCUT2D eigenvalue weighted by atomic mass is 9.93. The van der Waals surface area contributed by atoms with Gasteiger partial charge in [0.2, 0.25) is 5.91 Å². The summed E-state index contributed by atoms with van der Waals surface area (Å²) in [4.78, 5) is 15.3. The zero-order valence-corrected chi connectivity index (χ0v) is 14.8. The third-order valence-corrected chi connectivity index (χ3v) is 5.55. The molecule has 3 atom stereocenters. The second-order valence-corrected chi connectivity index (χ2v) is 7.06. The van der Waals surface area contributed by atoms with Crippen molar-refractivity contribution in [3.05, 3.63) is 35.9 Å². The van der Waals surface area contributed by atoms with Crippen LogP contribution in [-0.2, 0) is 11.3 Å². The van der Waals surface area contributed by atoms with E-state index in [1.807, 2.05) is 6.07 Å². The van der Waals surface area contributed by atoms with E-state index >= 15 is 0 Å². The summed E-state index contributed by atoms with van der Waals surface area (Å²) in [6, 6.07) is 10.7. The van der Waals surface area contributed by atoms with Gasteiger partial charge in [0, 0.05) is 18.5 Å². The molecule has 23 heavy (non-hydrogen) atoms. The van der Waals surface area contributed by atoms with E-state index in [9.17, 15) is 4.79 Å². The molecule has 0 saturated heterocycles. The van der Waals surface area contributed by atoms with Crippen molar-refractivity contribution < 1.29 is 4.79 Å². The number of hydrogen-bond donors (Lipinski definition) is 1. The monoisotopic (exact) mass is 336 g/mol. The number of halogens is 1. The van der Waals surface area contributed by atoms with Crippen LogP contribution in [0.5, 0.6) is 0 Å². The van der Waals surface area contributed by atoms with Crippen LogP contribution in [0.2, 0.25) is 0 Å². The molecule has 3 nitrogen and oxygen atoms in total. The van der Waals surface area contributed by atoms with Crippen molar-refractivity contribution in [2.45, 2.75) is 51.6 Å². The zero-order valence-electron chi connectivity index (χ0n) is 14.0. The maximum absolute atomic E-state index is 13.2. The van der Waals surface area contributed by atoms with Crippen molar-refractivity contribution >= 4 is 18.3 Å². The maximum Gasteiger partial charge on any atom is 0.226 e. The molecule has 0 heterocycles. The van der Waals surface area contributed by atoms with Gasteiger partial charge in [-0.25, -0.2) is 0 Å². The predicted octanol–water partition coefficient (Wildman–Crippen LogP) is 3.61. The molecule has 0 spiro atoms. The summed E-state index contributed by atoms with van der Waals surface area (Å²) in [7, 11) is 0. The SMILES string of the molecule is CC(C1CC1)N(Cc1ccccc1)C(=O)[C@@H]1CCC[C@@H]1CN.Cl. The van der Waals surface area contributed by atoms with E-state index in [2.05, 4.69) is 36.1 Å². The Morgan fingerprint density at radius 2 is 1.91 bits per heavy atom. The molecule has 2 fully saturated rings. The highest BCUT2D eigenvalue weighted by molar-refractivity contribution is 5.85. The molecule has 1 amide bonds. The largest absolute Gasteiger partial charge is 0.335 e. The van der Waals surface area contributed by atoms with Crippen LogP contribution in [0.4, 0.5) is 0 Å². The van der Waals surface area contributed by atoms with E-state index in [-0.39, 0.29) is 18.3 Å². The summed E-state index contributed by atoms with van der Waals surface area (Å²) < 4.78 is 0. The van der Waals surface area contributed by atoms with E-state index < -0.39 is 0 Å². The fourth-order valence-electron chi connectivity index (χ4n) is 3.89. The first-order chi connectivity index (χ1) is 10.7. The van der Waals surface area contributed by atoms with E-state index in [1.54, 1.807) is 0 Å². The molecule has 2 aliphatic carbocycles. The molecule has 0 aromatic heterocycles. The molecule has 0 aliphatic heterocycles. The van der Waals surface area contributed by atoms with Crippen molar-refractivity contribution in [3.63, 3.8) is 0 Å². The second-order valence-electron chi connectivity index (χ2n) is 7.06. The van der Waals surface area contributed by atoms with Gasteiger partial charge in [-0.05, 0) is 56.6 Å². The summed E-state index contributed by atoms with van der Waals surface area (Å²) in [6.07, 6.45) is 5.82. The van der Waals surface area contributed by atoms with E-state index in [4.69, 9.17) is 5.73 Å². The number of amides is 1. The smallest absolute Gasteiger partial charge is 0.226 e. The molecule has 2 aliphatic rings. The lowest BCUT2D eigenvalue weighted by molar-refractivity contribution is -0.139. The highest BCUT2D eigenvalue weighted by atomic mass is 35.5. The van der Waals surface area contributed by atoms with Crippen LogP contribution in [0.15, 0.2) is 30.3 Å². The minimum Gasteiger partial charge on any atom is -0.335 e. The van der Waals surface area contributed by atoms with Crippen LogP contribution >= 0.6 is 12.4 Å². The number of benzene rings is 1. The van der Waals surface area contributed by atoms with Crippen LogP contribution < -0.4 is 5.73 Å². The van der Waals surface area contributed by atoms with E-state index in [0.29, 0.717) is 30.3 Å². The molecule has 0 bridgehead atoms. The Kier molecular flexibility index (Phi) is 6.49. The maximum atomic E-state index is 13.2. The highest BCUT2D eigenvalue weighted by Crippen LogP contribution is 2.38. The van der Waals surface area contributed by atoms with Crippen LogP contribution in [0.25, 0.3) is 0 Å². The van der Waals surface area contributed by atoms with Gasteiger partial charge in [0.15, 0.2) is 0 Å². The molecule has 1 aromatic rings. The minimum absolute atomic E-state index is 0. The summed E-state index contributed by atoms with van der Waals surface area (Å²) in [5.74, 6) is 1.58. The average Bonchev–Trinajstić information content (AvgIpc) is 3.29. The minimum atomic E-state index is 0. The molecule has 2 N–H and O–H groups in total. The van der Waals surface area contributed by atoms with E-state index in [1.165, 1.54) is 18.4 Å².